The molecule has 0 aliphatic rings. The molecule has 0 saturated carbocycles. The highest BCUT2D eigenvalue weighted by Gasteiger charge is 2.12. The van der Waals surface area contributed by atoms with Crippen molar-refractivity contribution in [3.05, 3.63) is 41.6 Å². The number of hydrogen-bond donors (Lipinski definition) is 1. The summed E-state index contributed by atoms with van der Waals surface area (Å²) in [6.45, 7) is 2.71. The zero-order chi connectivity index (χ0) is 12.3. The summed E-state index contributed by atoms with van der Waals surface area (Å²) in [5, 5.41) is 7.70. The van der Waals surface area contributed by atoms with Gasteiger partial charge in [0.2, 0.25) is 5.88 Å². The van der Waals surface area contributed by atoms with Crippen LogP contribution in [0.5, 0.6) is 5.88 Å². The highest BCUT2D eigenvalue weighted by Crippen LogP contribution is 2.21. The summed E-state index contributed by atoms with van der Waals surface area (Å²) in [5.74, 6) is 0.811. The van der Waals surface area contributed by atoms with Crippen molar-refractivity contribution in [3.63, 3.8) is 0 Å². The molecule has 1 N–H and O–H groups in total. The molecule has 2 aromatic rings. The van der Waals surface area contributed by atoms with Crippen LogP contribution in [-0.4, -0.2) is 16.9 Å². The zero-order valence-electron chi connectivity index (χ0n) is 10.4. The molecule has 0 amide bonds. The Kier molecular flexibility index (Phi) is 3.32. The summed E-state index contributed by atoms with van der Waals surface area (Å²) in [6, 6.07) is 10.1. The minimum Gasteiger partial charge on any atom is -0.481 e. The molecule has 1 aromatic heterocycles. The first-order chi connectivity index (χ1) is 8.22. The van der Waals surface area contributed by atoms with Crippen LogP contribution in [-0.2, 0) is 13.6 Å². The van der Waals surface area contributed by atoms with Crippen LogP contribution in [0.4, 0.5) is 5.69 Å². The molecule has 0 aliphatic carbocycles. The van der Waals surface area contributed by atoms with Crippen molar-refractivity contribution in [3.8, 4) is 5.88 Å². The maximum atomic E-state index is 5.35. The van der Waals surface area contributed by atoms with E-state index in [2.05, 4.69) is 10.4 Å². The number of rotatable bonds is 4. The van der Waals surface area contributed by atoms with Crippen molar-refractivity contribution in [1.29, 1.82) is 0 Å². The number of aryl methyl sites for hydroxylation is 2. The summed E-state index contributed by atoms with van der Waals surface area (Å²) >= 11 is 0. The number of nitrogens with zero attached hydrogens (tertiary/aromatic N) is 2. The lowest BCUT2D eigenvalue weighted by molar-refractivity contribution is 0.370. The van der Waals surface area contributed by atoms with Crippen LogP contribution >= 0.6 is 0 Å². The van der Waals surface area contributed by atoms with Gasteiger partial charge in [0.1, 0.15) is 0 Å². The van der Waals surface area contributed by atoms with E-state index in [-0.39, 0.29) is 0 Å². The van der Waals surface area contributed by atoms with E-state index in [4.69, 9.17) is 4.74 Å². The molecule has 0 bridgehead atoms. The molecule has 90 valence electrons. The van der Waals surface area contributed by atoms with Gasteiger partial charge in [-0.3, -0.25) is 0 Å². The third-order valence-corrected chi connectivity index (χ3v) is 2.73. The molecule has 0 spiro atoms. The van der Waals surface area contributed by atoms with Crippen LogP contribution in [0.15, 0.2) is 30.3 Å². The number of anilines is 1. The van der Waals surface area contributed by atoms with Crippen LogP contribution < -0.4 is 10.1 Å². The molecular weight excluding hydrogens is 214 g/mol. The fourth-order valence-electron chi connectivity index (χ4n) is 1.89. The van der Waals surface area contributed by atoms with Crippen LogP contribution in [0.25, 0.3) is 0 Å². The van der Waals surface area contributed by atoms with Gasteiger partial charge in [-0.15, -0.1) is 0 Å². The molecule has 0 aliphatic heterocycles. The Bertz CT molecular complexity index is 491. The Morgan fingerprint density at radius 3 is 2.65 bits per heavy atom. The van der Waals surface area contributed by atoms with E-state index < -0.39 is 0 Å². The SMILES string of the molecule is COc1c(CNc2ccccc2)c(C)nn1C. The van der Waals surface area contributed by atoms with Gasteiger partial charge in [0.05, 0.1) is 18.4 Å². The minimum atomic E-state index is 0.715. The van der Waals surface area contributed by atoms with Crippen molar-refractivity contribution in [2.45, 2.75) is 13.5 Å². The van der Waals surface area contributed by atoms with Crippen molar-refractivity contribution in [2.75, 3.05) is 12.4 Å². The van der Waals surface area contributed by atoms with E-state index >= 15 is 0 Å². The van der Waals surface area contributed by atoms with E-state index in [0.717, 1.165) is 22.8 Å². The number of benzene rings is 1. The Labute approximate surface area is 101 Å². The van der Waals surface area contributed by atoms with Gasteiger partial charge in [-0.05, 0) is 19.1 Å². The molecular formula is C13H17N3O. The van der Waals surface area contributed by atoms with Gasteiger partial charge in [-0.2, -0.15) is 5.10 Å². The number of hydrogen-bond acceptors (Lipinski definition) is 3. The average molecular weight is 231 g/mol. The quantitative estimate of drug-likeness (QED) is 0.878. The van der Waals surface area contributed by atoms with Gasteiger partial charge < -0.3 is 10.1 Å². The molecule has 0 atom stereocenters. The summed E-state index contributed by atoms with van der Waals surface area (Å²) < 4.78 is 7.11. The van der Waals surface area contributed by atoms with E-state index in [1.807, 2.05) is 44.3 Å². The highest BCUT2D eigenvalue weighted by atomic mass is 16.5. The summed E-state index contributed by atoms with van der Waals surface area (Å²) in [5.41, 5.74) is 3.18. The van der Waals surface area contributed by atoms with Gasteiger partial charge in [0, 0.05) is 19.3 Å². The van der Waals surface area contributed by atoms with Gasteiger partial charge in [-0.1, -0.05) is 18.2 Å². The van der Waals surface area contributed by atoms with Crippen molar-refractivity contribution >= 4 is 5.69 Å². The van der Waals surface area contributed by atoms with E-state index in [1.165, 1.54) is 0 Å². The summed E-state index contributed by atoms with van der Waals surface area (Å²) in [7, 11) is 3.56. The van der Waals surface area contributed by atoms with E-state index in [9.17, 15) is 0 Å². The second-order valence-electron chi connectivity index (χ2n) is 3.92. The monoisotopic (exact) mass is 231 g/mol. The molecule has 1 heterocycles. The predicted octanol–water partition coefficient (Wildman–Crippen LogP) is 2.35. The van der Waals surface area contributed by atoms with Crippen molar-refractivity contribution in [2.24, 2.45) is 7.05 Å². The first-order valence-electron chi connectivity index (χ1n) is 5.57. The number of methoxy groups -OCH3 is 1. The molecule has 0 unspecified atom stereocenters. The third-order valence-electron chi connectivity index (χ3n) is 2.73. The molecule has 4 nitrogen and oxygen atoms in total. The Balaban J connectivity index is 2.14. The molecule has 0 fully saturated rings. The Morgan fingerprint density at radius 2 is 2.00 bits per heavy atom. The first-order valence-corrected chi connectivity index (χ1v) is 5.57. The number of nitrogens with one attached hydrogen (secondary N) is 1. The fraction of sp³-hybridized carbons (Fsp3) is 0.308. The lowest BCUT2D eigenvalue weighted by atomic mass is 10.2. The summed E-state index contributed by atoms with van der Waals surface area (Å²) in [6.07, 6.45) is 0. The molecule has 2 rings (SSSR count). The predicted molar refractivity (Wildman–Crippen MR) is 68.3 cm³/mol. The van der Waals surface area contributed by atoms with Crippen LogP contribution in [0, 0.1) is 6.92 Å². The van der Waals surface area contributed by atoms with Gasteiger partial charge >= 0.3 is 0 Å². The molecule has 0 radical (unpaired) electrons. The minimum absolute atomic E-state index is 0.715. The van der Waals surface area contributed by atoms with Crippen molar-refractivity contribution < 1.29 is 4.74 Å². The third kappa shape index (κ3) is 2.41. The number of aromatic nitrogens is 2. The van der Waals surface area contributed by atoms with Crippen LogP contribution in [0.3, 0.4) is 0 Å². The number of ether oxygens (including phenoxy) is 1. The van der Waals surface area contributed by atoms with Crippen LogP contribution in [0.1, 0.15) is 11.3 Å². The van der Waals surface area contributed by atoms with E-state index in [1.54, 1.807) is 11.8 Å². The van der Waals surface area contributed by atoms with E-state index in [0.29, 0.717) is 6.54 Å². The fourth-order valence-corrected chi connectivity index (χ4v) is 1.89. The largest absolute Gasteiger partial charge is 0.481 e. The van der Waals surface area contributed by atoms with Gasteiger partial charge in [0.15, 0.2) is 0 Å². The first kappa shape index (κ1) is 11.5. The normalized spacial score (nSPS) is 10.3. The Morgan fingerprint density at radius 1 is 1.29 bits per heavy atom. The number of para-hydroxylation sites is 1. The smallest absolute Gasteiger partial charge is 0.216 e. The molecule has 1 aromatic carbocycles. The second-order valence-corrected chi connectivity index (χ2v) is 3.92. The second kappa shape index (κ2) is 4.91. The van der Waals surface area contributed by atoms with Crippen LogP contribution in [0.2, 0.25) is 0 Å². The van der Waals surface area contributed by atoms with Gasteiger partial charge in [0.25, 0.3) is 0 Å². The zero-order valence-corrected chi connectivity index (χ0v) is 10.4. The molecule has 0 saturated heterocycles. The topological polar surface area (TPSA) is 39.1 Å². The van der Waals surface area contributed by atoms with Gasteiger partial charge in [-0.25, -0.2) is 4.68 Å². The highest BCUT2D eigenvalue weighted by molar-refractivity contribution is 5.44. The lowest BCUT2D eigenvalue weighted by Gasteiger charge is -2.07. The Hall–Kier alpha value is -1.97. The maximum Gasteiger partial charge on any atom is 0.216 e. The summed E-state index contributed by atoms with van der Waals surface area (Å²) in [4.78, 5) is 0. The molecule has 17 heavy (non-hydrogen) atoms. The standard InChI is InChI=1S/C13H17N3O/c1-10-12(13(17-3)16(2)15-10)9-14-11-7-5-4-6-8-11/h4-8,14H,9H2,1-3H3. The average Bonchev–Trinajstić information content (AvgIpc) is 2.62. The van der Waals surface area contributed by atoms with Crippen molar-refractivity contribution in [1.82, 2.24) is 9.78 Å². The lowest BCUT2D eigenvalue weighted by Crippen LogP contribution is -2.02. The molecule has 4 heteroatoms. The maximum absolute atomic E-state index is 5.35.